The van der Waals surface area contributed by atoms with Gasteiger partial charge < -0.3 is 5.32 Å². The van der Waals surface area contributed by atoms with Crippen LogP contribution in [-0.4, -0.2) is 15.3 Å². The Balaban J connectivity index is 1.96. The molecule has 6 heteroatoms. The number of anilines is 1. The molecule has 0 bridgehead atoms. The normalized spacial score (nSPS) is 10.5. The summed E-state index contributed by atoms with van der Waals surface area (Å²) < 4.78 is 1.33. The fourth-order valence-corrected chi connectivity index (χ4v) is 2.04. The quantitative estimate of drug-likeness (QED) is 0.791. The second-order valence-electron chi connectivity index (χ2n) is 4.37. The Labute approximate surface area is 124 Å². The molecule has 0 radical (unpaired) electrons. The van der Waals surface area contributed by atoms with Gasteiger partial charge in [-0.3, -0.25) is 14.0 Å². The van der Waals surface area contributed by atoms with E-state index in [2.05, 4.69) is 10.3 Å². The molecule has 2 aromatic heterocycles. The molecule has 0 spiro atoms. The van der Waals surface area contributed by atoms with Crippen LogP contribution in [0.4, 0.5) is 5.69 Å². The van der Waals surface area contributed by atoms with Crippen LogP contribution in [0.5, 0.6) is 0 Å². The summed E-state index contributed by atoms with van der Waals surface area (Å²) in [6.07, 6.45) is 2.85. The Kier molecular flexibility index (Phi) is 3.41. The highest BCUT2D eigenvalue weighted by Crippen LogP contribution is 2.13. The number of nitrogens with zero attached hydrogens (tertiary/aromatic N) is 2. The zero-order valence-electron chi connectivity index (χ0n) is 10.8. The number of amides is 1. The van der Waals surface area contributed by atoms with E-state index in [1.165, 1.54) is 10.6 Å². The second kappa shape index (κ2) is 5.38. The smallest absolute Gasteiger partial charge is 0.270 e. The predicted molar refractivity (Wildman–Crippen MR) is 80.9 cm³/mol. The summed E-state index contributed by atoms with van der Waals surface area (Å²) >= 11 is 5.78. The number of nitrogens with one attached hydrogen (secondary N) is 1. The van der Waals surface area contributed by atoms with Crippen molar-refractivity contribution in [2.75, 3.05) is 5.32 Å². The molecule has 1 amide bonds. The van der Waals surface area contributed by atoms with E-state index in [1.54, 1.807) is 48.7 Å². The highest BCUT2D eigenvalue weighted by atomic mass is 35.5. The van der Waals surface area contributed by atoms with E-state index in [1.807, 2.05) is 0 Å². The predicted octanol–water partition coefficient (Wildman–Crippen LogP) is 2.60. The SMILES string of the molecule is O=C(Nc1ccc(Cl)cc1)c1cnc2ccccn2c1=O. The summed E-state index contributed by atoms with van der Waals surface area (Å²) in [5.74, 6) is -0.506. The highest BCUT2D eigenvalue weighted by Gasteiger charge is 2.13. The number of fused-ring (bicyclic) bond motifs is 1. The molecule has 1 N–H and O–H groups in total. The molecular weight excluding hydrogens is 290 g/mol. The number of aromatic nitrogens is 2. The zero-order chi connectivity index (χ0) is 14.8. The number of rotatable bonds is 2. The van der Waals surface area contributed by atoms with Crippen LogP contribution in [0.15, 0.2) is 59.7 Å². The molecule has 21 heavy (non-hydrogen) atoms. The average molecular weight is 300 g/mol. The van der Waals surface area contributed by atoms with Crippen LogP contribution in [-0.2, 0) is 0 Å². The summed E-state index contributed by atoms with van der Waals surface area (Å²) in [7, 11) is 0. The first kappa shape index (κ1) is 13.3. The van der Waals surface area contributed by atoms with Crippen molar-refractivity contribution < 1.29 is 4.79 Å². The van der Waals surface area contributed by atoms with Crippen molar-refractivity contribution in [2.45, 2.75) is 0 Å². The van der Waals surface area contributed by atoms with Crippen molar-refractivity contribution in [1.29, 1.82) is 0 Å². The fourth-order valence-electron chi connectivity index (χ4n) is 1.91. The van der Waals surface area contributed by atoms with E-state index in [-0.39, 0.29) is 5.56 Å². The Morgan fingerprint density at radius 1 is 1.14 bits per heavy atom. The molecule has 0 aliphatic heterocycles. The van der Waals surface area contributed by atoms with Gasteiger partial charge in [-0.15, -0.1) is 0 Å². The fraction of sp³-hybridized carbons (Fsp3) is 0. The molecule has 0 saturated heterocycles. The van der Waals surface area contributed by atoms with Crippen molar-refractivity contribution >= 4 is 28.8 Å². The monoisotopic (exact) mass is 299 g/mol. The molecular formula is C15H10ClN3O2. The molecule has 2 heterocycles. The van der Waals surface area contributed by atoms with Crippen molar-refractivity contribution in [3.63, 3.8) is 0 Å². The maximum atomic E-state index is 12.3. The summed E-state index contributed by atoms with van der Waals surface area (Å²) in [5, 5.41) is 3.21. The number of halogens is 1. The first-order valence-electron chi connectivity index (χ1n) is 6.18. The van der Waals surface area contributed by atoms with Gasteiger partial charge >= 0.3 is 0 Å². The van der Waals surface area contributed by atoms with E-state index in [9.17, 15) is 9.59 Å². The lowest BCUT2D eigenvalue weighted by Crippen LogP contribution is -2.26. The number of carbonyl (C=O) groups is 1. The van der Waals surface area contributed by atoms with Crippen LogP contribution in [0.25, 0.3) is 5.65 Å². The molecule has 0 atom stereocenters. The summed E-state index contributed by atoms with van der Waals surface area (Å²) in [4.78, 5) is 28.5. The lowest BCUT2D eigenvalue weighted by atomic mass is 10.2. The van der Waals surface area contributed by atoms with Crippen LogP contribution in [0, 0.1) is 0 Å². The topological polar surface area (TPSA) is 63.5 Å². The van der Waals surface area contributed by atoms with Gasteiger partial charge in [-0.2, -0.15) is 0 Å². The molecule has 1 aromatic carbocycles. The van der Waals surface area contributed by atoms with Gasteiger partial charge in [0.2, 0.25) is 0 Å². The van der Waals surface area contributed by atoms with Crippen molar-refractivity contribution in [3.8, 4) is 0 Å². The van der Waals surface area contributed by atoms with Gasteiger partial charge in [0.1, 0.15) is 11.2 Å². The first-order valence-corrected chi connectivity index (χ1v) is 6.56. The second-order valence-corrected chi connectivity index (χ2v) is 4.80. The van der Waals surface area contributed by atoms with Crippen LogP contribution in [0.2, 0.25) is 5.02 Å². The van der Waals surface area contributed by atoms with Crippen LogP contribution in [0.1, 0.15) is 10.4 Å². The van der Waals surface area contributed by atoms with E-state index < -0.39 is 11.5 Å². The highest BCUT2D eigenvalue weighted by molar-refractivity contribution is 6.30. The van der Waals surface area contributed by atoms with Gasteiger partial charge in [0, 0.05) is 23.1 Å². The van der Waals surface area contributed by atoms with E-state index >= 15 is 0 Å². The Bertz CT molecular complexity index is 872. The van der Waals surface area contributed by atoms with Gasteiger partial charge in [0.05, 0.1) is 0 Å². The number of carbonyl (C=O) groups excluding carboxylic acids is 1. The molecule has 0 fully saturated rings. The molecule has 3 aromatic rings. The lowest BCUT2D eigenvalue weighted by molar-refractivity contribution is 0.102. The van der Waals surface area contributed by atoms with Gasteiger partial charge in [0.25, 0.3) is 11.5 Å². The summed E-state index contributed by atoms with van der Waals surface area (Å²) in [6.45, 7) is 0. The Morgan fingerprint density at radius 2 is 1.90 bits per heavy atom. The van der Waals surface area contributed by atoms with Crippen molar-refractivity contribution in [3.05, 3.63) is 75.8 Å². The summed E-state index contributed by atoms with van der Waals surface area (Å²) in [6, 6.07) is 11.8. The Hall–Kier alpha value is -2.66. The van der Waals surface area contributed by atoms with Crippen molar-refractivity contribution in [1.82, 2.24) is 9.38 Å². The standard InChI is InChI=1S/C15H10ClN3O2/c16-10-4-6-11(7-5-10)18-14(20)12-9-17-13-3-1-2-8-19(13)15(12)21/h1-9H,(H,18,20). The average Bonchev–Trinajstić information content (AvgIpc) is 2.50. The molecule has 0 aliphatic carbocycles. The molecule has 0 aliphatic rings. The van der Waals surface area contributed by atoms with Gasteiger partial charge in [0.15, 0.2) is 0 Å². The number of benzene rings is 1. The zero-order valence-corrected chi connectivity index (χ0v) is 11.5. The van der Waals surface area contributed by atoms with E-state index in [0.717, 1.165) is 0 Å². The van der Waals surface area contributed by atoms with Crippen LogP contribution >= 0.6 is 11.6 Å². The van der Waals surface area contributed by atoms with Crippen molar-refractivity contribution in [2.24, 2.45) is 0 Å². The van der Waals surface area contributed by atoms with Gasteiger partial charge in [-0.1, -0.05) is 17.7 Å². The number of pyridine rings is 1. The minimum Gasteiger partial charge on any atom is -0.322 e. The molecule has 0 unspecified atom stereocenters. The first-order chi connectivity index (χ1) is 10.1. The van der Waals surface area contributed by atoms with Crippen LogP contribution < -0.4 is 10.9 Å². The third kappa shape index (κ3) is 2.64. The minimum atomic E-state index is -0.506. The molecule has 104 valence electrons. The molecule has 5 nitrogen and oxygen atoms in total. The number of hydrogen-bond acceptors (Lipinski definition) is 3. The third-order valence-electron chi connectivity index (χ3n) is 2.96. The maximum Gasteiger partial charge on any atom is 0.270 e. The number of hydrogen-bond donors (Lipinski definition) is 1. The van der Waals surface area contributed by atoms with E-state index in [4.69, 9.17) is 11.6 Å². The molecule has 0 saturated carbocycles. The third-order valence-corrected chi connectivity index (χ3v) is 3.21. The summed E-state index contributed by atoms with van der Waals surface area (Å²) in [5.41, 5.74) is 0.619. The largest absolute Gasteiger partial charge is 0.322 e. The maximum absolute atomic E-state index is 12.3. The van der Waals surface area contributed by atoms with Gasteiger partial charge in [-0.25, -0.2) is 4.98 Å². The Morgan fingerprint density at radius 3 is 2.67 bits per heavy atom. The molecule has 3 rings (SSSR count). The minimum absolute atomic E-state index is 0.0198. The van der Waals surface area contributed by atoms with E-state index in [0.29, 0.717) is 16.4 Å². The lowest BCUT2D eigenvalue weighted by Gasteiger charge is -2.06. The van der Waals surface area contributed by atoms with Gasteiger partial charge in [-0.05, 0) is 36.4 Å². The van der Waals surface area contributed by atoms with Crippen LogP contribution in [0.3, 0.4) is 0 Å².